The molecule has 0 saturated carbocycles. The van der Waals surface area contributed by atoms with Crippen LogP contribution in [0.25, 0.3) is 5.69 Å². The minimum absolute atomic E-state index is 0.185. The van der Waals surface area contributed by atoms with Crippen LogP contribution in [0.15, 0.2) is 24.3 Å². The van der Waals surface area contributed by atoms with E-state index in [2.05, 4.69) is 12.0 Å². The van der Waals surface area contributed by atoms with Gasteiger partial charge in [-0.1, -0.05) is 18.5 Å². The van der Waals surface area contributed by atoms with Gasteiger partial charge >= 0.3 is 0 Å². The van der Waals surface area contributed by atoms with Crippen LogP contribution in [0.2, 0.25) is 5.02 Å². The van der Waals surface area contributed by atoms with E-state index in [0.717, 1.165) is 42.0 Å². The van der Waals surface area contributed by atoms with Crippen molar-refractivity contribution in [1.82, 2.24) is 14.7 Å². The van der Waals surface area contributed by atoms with E-state index in [0.29, 0.717) is 11.4 Å². The summed E-state index contributed by atoms with van der Waals surface area (Å²) in [6.45, 7) is 6.92. The van der Waals surface area contributed by atoms with E-state index >= 15 is 0 Å². The Kier molecular flexibility index (Phi) is 5.83. The molecule has 0 unspecified atom stereocenters. The number of aryl methyl sites for hydroxylation is 1. The molecular formula is C18H24ClN3O. The van der Waals surface area contributed by atoms with Crippen LogP contribution in [0.5, 0.6) is 0 Å². The standard InChI is InChI=1S/C18H24ClN3O/c1-5-12-21(4)18(23)11-10-17-13(2)20-22(14(17)3)16-8-6-15(19)7-9-16/h6-9H,5,10-12H2,1-4H3. The van der Waals surface area contributed by atoms with Crippen LogP contribution >= 0.6 is 11.6 Å². The van der Waals surface area contributed by atoms with Crippen molar-refractivity contribution in [3.05, 3.63) is 46.2 Å². The number of rotatable bonds is 6. The Morgan fingerprint density at radius 3 is 2.52 bits per heavy atom. The summed E-state index contributed by atoms with van der Waals surface area (Å²) in [7, 11) is 1.86. The maximum absolute atomic E-state index is 12.1. The molecule has 124 valence electrons. The Balaban J connectivity index is 2.15. The molecule has 4 nitrogen and oxygen atoms in total. The molecule has 0 aliphatic heterocycles. The quantitative estimate of drug-likeness (QED) is 0.803. The number of hydrogen-bond acceptors (Lipinski definition) is 2. The fraction of sp³-hybridized carbons (Fsp3) is 0.444. The van der Waals surface area contributed by atoms with Crippen LogP contribution in [0.3, 0.4) is 0 Å². The highest BCUT2D eigenvalue weighted by atomic mass is 35.5. The molecule has 1 heterocycles. The Morgan fingerprint density at radius 2 is 1.91 bits per heavy atom. The molecule has 0 atom stereocenters. The molecule has 0 spiro atoms. The van der Waals surface area contributed by atoms with Crippen molar-refractivity contribution in [3.63, 3.8) is 0 Å². The minimum Gasteiger partial charge on any atom is -0.346 e. The van der Waals surface area contributed by atoms with Crippen molar-refractivity contribution in [3.8, 4) is 5.69 Å². The fourth-order valence-corrected chi connectivity index (χ4v) is 2.88. The topological polar surface area (TPSA) is 38.1 Å². The lowest BCUT2D eigenvalue weighted by Crippen LogP contribution is -2.27. The average Bonchev–Trinajstić information content (AvgIpc) is 2.80. The Hall–Kier alpha value is -1.81. The van der Waals surface area contributed by atoms with Gasteiger partial charge in [0.2, 0.25) is 5.91 Å². The molecule has 0 bridgehead atoms. The highest BCUT2D eigenvalue weighted by molar-refractivity contribution is 6.30. The van der Waals surface area contributed by atoms with Gasteiger partial charge in [-0.15, -0.1) is 0 Å². The van der Waals surface area contributed by atoms with E-state index in [1.165, 1.54) is 0 Å². The Labute approximate surface area is 143 Å². The van der Waals surface area contributed by atoms with Gasteiger partial charge in [-0.2, -0.15) is 5.10 Å². The molecule has 5 heteroatoms. The average molecular weight is 334 g/mol. The third kappa shape index (κ3) is 4.14. The second-order valence-electron chi connectivity index (χ2n) is 5.85. The van der Waals surface area contributed by atoms with Gasteiger partial charge in [0.1, 0.15) is 0 Å². The van der Waals surface area contributed by atoms with Crippen LogP contribution in [0, 0.1) is 13.8 Å². The third-order valence-corrected chi connectivity index (χ3v) is 4.34. The van der Waals surface area contributed by atoms with Crippen LogP contribution in [-0.2, 0) is 11.2 Å². The number of nitrogens with zero attached hydrogens (tertiary/aromatic N) is 3. The zero-order chi connectivity index (χ0) is 17.0. The van der Waals surface area contributed by atoms with Crippen molar-refractivity contribution >= 4 is 17.5 Å². The van der Waals surface area contributed by atoms with Crippen LogP contribution < -0.4 is 0 Å². The molecule has 1 aromatic carbocycles. The number of hydrogen-bond donors (Lipinski definition) is 0. The van der Waals surface area contributed by atoms with Crippen molar-refractivity contribution in [2.75, 3.05) is 13.6 Å². The summed E-state index contributed by atoms with van der Waals surface area (Å²) in [6, 6.07) is 7.62. The molecule has 0 N–H and O–H groups in total. The summed E-state index contributed by atoms with van der Waals surface area (Å²) in [5.74, 6) is 0.185. The smallest absolute Gasteiger partial charge is 0.222 e. The first-order chi connectivity index (χ1) is 10.9. The monoisotopic (exact) mass is 333 g/mol. The largest absolute Gasteiger partial charge is 0.346 e. The van der Waals surface area contributed by atoms with Gasteiger partial charge in [-0.25, -0.2) is 4.68 Å². The van der Waals surface area contributed by atoms with Crippen molar-refractivity contribution in [1.29, 1.82) is 0 Å². The zero-order valence-electron chi connectivity index (χ0n) is 14.3. The van der Waals surface area contributed by atoms with Crippen LogP contribution in [0.1, 0.15) is 36.7 Å². The number of carbonyl (C=O) groups excluding carboxylic acids is 1. The molecule has 0 aliphatic rings. The van der Waals surface area contributed by atoms with Gasteiger partial charge in [0, 0.05) is 30.7 Å². The molecule has 0 radical (unpaired) electrons. The molecular weight excluding hydrogens is 310 g/mol. The predicted molar refractivity (Wildman–Crippen MR) is 94.3 cm³/mol. The van der Waals surface area contributed by atoms with Crippen LogP contribution in [0.4, 0.5) is 0 Å². The predicted octanol–water partition coefficient (Wildman–Crippen LogP) is 3.94. The summed E-state index contributed by atoms with van der Waals surface area (Å²) in [6.07, 6.45) is 2.22. The molecule has 1 aromatic heterocycles. The number of amides is 1. The lowest BCUT2D eigenvalue weighted by Gasteiger charge is -2.15. The Bertz CT molecular complexity index is 676. The normalized spacial score (nSPS) is 10.8. The number of benzene rings is 1. The molecule has 23 heavy (non-hydrogen) atoms. The first kappa shape index (κ1) is 17.5. The van der Waals surface area contributed by atoms with E-state index in [-0.39, 0.29) is 5.91 Å². The first-order valence-corrected chi connectivity index (χ1v) is 8.36. The van der Waals surface area contributed by atoms with Gasteiger partial charge in [0.15, 0.2) is 0 Å². The van der Waals surface area contributed by atoms with Gasteiger partial charge in [-0.05, 0) is 56.5 Å². The van der Waals surface area contributed by atoms with Gasteiger partial charge < -0.3 is 4.90 Å². The van der Waals surface area contributed by atoms with Crippen LogP contribution in [-0.4, -0.2) is 34.2 Å². The summed E-state index contributed by atoms with van der Waals surface area (Å²) in [5, 5.41) is 5.33. The molecule has 0 saturated heterocycles. The Morgan fingerprint density at radius 1 is 1.26 bits per heavy atom. The van der Waals surface area contributed by atoms with E-state index in [1.807, 2.05) is 49.8 Å². The summed E-state index contributed by atoms with van der Waals surface area (Å²) in [4.78, 5) is 13.9. The zero-order valence-corrected chi connectivity index (χ0v) is 15.0. The molecule has 0 fully saturated rings. The van der Waals surface area contributed by atoms with Gasteiger partial charge in [-0.3, -0.25) is 4.79 Å². The second kappa shape index (κ2) is 7.64. The second-order valence-corrected chi connectivity index (χ2v) is 6.29. The minimum atomic E-state index is 0.185. The van der Waals surface area contributed by atoms with E-state index < -0.39 is 0 Å². The van der Waals surface area contributed by atoms with E-state index in [4.69, 9.17) is 11.6 Å². The molecule has 2 rings (SSSR count). The third-order valence-electron chi connectivity index (χ3n) is 4.09. The lowest BCUT2D eigenvalue weighted by atomic mass is 10.1. The maximum atomic E-state index is 12.1. The lowest BCUT2D eigenvalue weighted by molar-refractivity contribution is -0.129. The van der Waals surface area contributed by atoms with Crippen molar-refractivity contribution in [2.45, 2.75) is 40.0 Å². The highest BCUT2D eigenvalue weighted by Gasteiger charge is 2.15. The highest BCUT2D eigenvalue weighted by Crippen LogP contribution is 2.21. The SMILES string of the molecule is CCCN(C)C(=O)CCc1c(C)nn(-c2ccc(Cl)cc2)c1C. The summed E-state index contributed by atoms with van der Waals surface area (Å²) < 4.78 is 1.92. The van der Waals surface area contributed by atoms with E-state index in [9.17, 15) is 4.79 Å². The number of aromatic nitrogens is 2. The van der Waals surface area contributed by atoms with Gasteiger partial charge in [0.05, 0.1) is 11.4 Å². The number of halogens is 1. The van der Waals surface area contributed by atoms with Crippen molar-refractivity contribution in [2.24, 2.45) is 0 Å². The van der Waals surface area contributed by atoms with E-state index in [1.54, 1.807) is 4.90 Å². The molecule has 0 aliphatic carbocycles. The molecule has 2 aromatic rings. The van der Waals surface area contributed by atoms with Crippen molar-refractivity contribution < 1.29 is 4.79 Å². The first-order valence-electron chi connectivity index (χ1n) is 7.99. The molecule has 1 amide bonds. The number of carbonyl (C=O) groups is 1. The summed E-state index contributed by atoms with van der Waals surface area (Å²) in [5.41, 5.74) is 4.19. The maximum Gasteiger partial charge on any atom is 0.222 e. The fourth-order valence-electron chi connectivity index (χ4n) is 2.75. The summed E-state index contributed by atoms with van der Waals surface area (Å²) >= 11 is 5.94. The van der Waals surface area contributed by atoms with Gasteiger partial charge in [0.25, 0.3) is 0 Å².